The van der Waals surface area contributed by atoms with Gasteiger partial charge in [0.1, 0.15) is 0 Å². The number of aryl methyl sites for hydroxylation is 2. The summed E-state index contributed by atoms with van der Waals surface area (Å²) in [4.78, 5) is 9.96. The predicted molar refractivity (Wildman–Crippen MR) is 60.2 cm³/mol. The summed E-state index contributed by atoms with van der Waals surface area (Å²) >= 11 is 0. The van der Waals surface area contributed by atoms with Crippen molar-refractivity contribution in [2.24, 2.45) is 10.3 Å². The van der Waals surface area contributed by atoms with Gasteiger partial charge in [0.05, 0.1) is 5.69 Å². The zero-order valence-corrected chi connectivity index (χ0v) is 9.67. The van der Waals surface area contributed by atoms with Crippen molar-refractivity contribution in [3.8, 4) is 0 Å². The maximum absolute atomic E-state index is 9.96. The van der Waals surface area contributed by atoms with E-state index in [1.54, 1.807) is 7.05 Å². The topological polar surface area (TPSA) is 54.3 Å². The van der Waals surface area contributed by atoms with Gasteiger partial charge in [-0.3, -0.25) is 4.79 Å². The first-order chi connectivity index (χ1) is 7.63. The number of carbonyl (C=O) groups excluding carboxylic acids is 1. The van der Waals surface area contributed by atoms with Crippen molar-refractivity contribution in [1.29, 1.82) is 0 Å². The third kappa shape index (κ3) is 3.68. The van der Waals surface area contributed by atoms with Crippen LogP contribution in [0, 0.1) is 13.8 Å². The summed E-state index contributed by atoms with van der Waals surface area (Å²) in [6, 6.07) is 5.96. The van der Waals surface area contributed by atoms with E-state index in [9.17, 15) is 4.79 Å². The van der Waals surface area contributed by atoms with Crippen LogP contribution < -0.4 is 0 Å². The fraction of sp³-hybridized carbons (Fsp3) is 0.364. The second kappa shape index (κ2) is 5.85. The molecule has 1 aromatic rings. The average molecular weight is 221 g/mol. The Bertz CT molecular complexity index is 391. The second-order valence-electron chi connectivity index (χ2n) is 3.53. The zero-order chi connectivity index (χ0) is 12.0. The van der Waals surface area contributed by atoms with Gasteiger partial charge in [0.15, 0.2) is 6.73 Å². The molecule has 0 spiro atoms. The van der Waals surface area contributed by atoms with Crippen LogP contribution in [0.5, 0.6) is 0 Å². The second-order valence-corrected chi connectivity index (χ2v) is 3.53. The summed E-state index contributed by atoms with van der Waals surface area (Å²) in [6.45, 7) is 4.44. The van der Waals surface area contributed by atoms with E-state index in [1.807, 2.05) is 32.0 Å². The van der Waals surface area contributed by atoms with Crippen LogP contribution in [0.2, 0.25) is 0 Å². The minimum Gasteiger partial charge on any atom is -0.445 e. The van der Waals surface area contributed by atoms with E-state index in [0.29, 0.717) is 6.47 Å². The number of rotatable bonds is 5. The van der Waals surface area contributed by atoms with Gasteiger partial charge in [-0.2, -0.15) is 0 Å². The Morgan fingerprint density at radius 2 is 2.19 bits per heavy atom. The minimum absolute atomic E-state index is 0.0951. The van der Waals surface area contributed by atoms with Gasteiger partial charge in [0.2, 0.25) is 0 Å². The van der Waals surface area contributed by atoms with Crippen LogP contribution in [-0.2, 0) is 9.53 Å². The standard InChI is InChI=1S/C11H15N3O2/c1-9-4-5-10(2)11(6-9)12-13-14(3)7-16-8-15/h4-6,8H,7H2,1-3H3/b13-12+. The minimum atomic E-state index is 0.0951. The Morgan fingerprint density at radius 3 is 2.88 bits per heavy atom. The van der Waals surface area contributed by atoms with E-state index < -0.39 is 0 Å². The number of hydrogen-bond acceptors (Lipinski definition) is 4. The molecular weight excluding hydrogens is 206 g/mol. The molecule has 1 aromatic carbocycles. The summed E-state index contributed by atoms with van der Waals surface area (Å²) < 4.78 is 4.53. The monoisotopic (exact) mass is 221 g/mol. The molecule has 16 heavy (non-hydrogen) atoms. The molecule has 0 amide bonds. The Balaban J connectivity index is 2.67. The third-order valence-corrected chi connectivity index (χ3v) is 2.00. The van der Waals surface area contributed by atoms with E-state index in [1.165, 1.54) is 5.01 Å². The number of nitrogens with zero attached hydrogens (tertiary/aromatic N) is 3. The van der Waals surface area contributed by atoms with Gasteiger partial charge in [-0.05, 0) is 31.0 Å². The SMILES string of the molecule is Cc1ccc(C)c(/N=N/N(C)COC=O)c1. The summed E-state index contributed by atoms with van der Waals surface area (Å²) in [6.07, 6.45) is 0. The van der Waals surface area contributed by atoms with Gasteiger partial charge in [0, 0.05) is 7.05 Å². The van der Waals surface area contributed by atoms with E-state index in [2.05, 4.69) is 15.1 Å². The Hall–Kier alpha value is -1.91. The third-order valence-electron chi connectivity index (χ3n) is 2.00. The Kier molecular flexibility index (Phi) is 4.44. The first-order valence-electron chi connectivity index (χ1n) is 4.89. The van der Waals surface area contributed by atoms with Crippen LogP contribution in [0.25, 0.3) is 0 Å². The van der Waals surface area contributed by atoms with Crippen molar-refractivity contribution < 1.29 is 9.53 Å². The molecule has 0 saturated heterocycles. The smallest absolute Gasteiger partial charge is 0.294 e. The molecule has 0 atom stereocenters. The zero-order valence-electron chi connectivity index (χ0n) is 9.67. The molecule has 5 nitrogen and oxygen atoms in total. The molecule has 0 bridgehead atoms. The average Bonchev–Trinajstić information content (AvgIpc) is 2.27. The van der Waals surface area contributed by atoms with Gasteiger partial charge in [-0.25, -0.2) is 5.01 Å². The lowest BCUT2D eigenvalue weighted by Gasteiger charge is -2.08. The molecule has 0 N–H and O–H groups in total. The highest BCUT2D eigenvalue weighted by Gasteiger charge is 1.97. The fourth-order valence-electron chi connectivity index (χ4n) is 1.12. The first kappa shape index (κ1) is 12.2. The summed E-state index contributed by atoms with van der Waals surface area (Å²) in [5.41, 5.74) is 3.00. The molecule has 0 aliphatic carbocycles. The predicted octanol–water partition coefficient (Wildman–Crippen LogP) is 2.36. The maximum Gasteiger partial charge on any atom is 0.294 e. The Morgan fingerprint density at radius 1 is 1.44 bits per heavy atom. The maximum atomic E-state index is 9.96. The molecule has 0 fully saturated rings. The van der Waals surface area contributed by atoms with E-state index >= 15 is 0 Å². The van der Waals surface area contributed by atoms with Crippen molar-refractivity contribution in [2.75, 3.05) is 13.8 Å². The van der Waals surface area contributed by atoms with Gasteiger partial charge in [-0.15, -0.1) is 5.11 Å². The van der Waals surface area contributed by atoms with Crippen molar-refractivity contribution in [1.82, 2.24) is 5.01 Å². The number of ether oxygens (including phenoxy) is 1. The van der Waals surface area contributed by atoms with Gasteiger partial charge < -0.3 is 4.74 Å². The molecule has 86 valence electrons. The fourth-order valence-corrected chi connectivity index (χ4v) is 1.12. The van der Waals surface area contributed by atoms with Crippen LogP contribution in [0.15, 0.2) is 28.5 Å². The molecule has 1 rings (SSSR count). The molecule has 0 heterocycles. The molecule has 0 radical (unpaired) electrons. The molecule has 0 aromatic heterocycles. The lowest BCUT2D eigenvalue weighted by atomic mass is 10.1. The summed E-state index contributed by atoms with van der Waals surface area (Å²) in [5, 5.41) is 9.42. The molecule has 0 saturated carbocycles. The largest absolute Gasteiger partial charge is 0.445 e. The molecule has 0 aliphatic rings. The summed E-state index contributed by atoms with van der Waals surface area (Å²) in [5.74, 6) is 0. The number of hydrogen-bond donors (Lipinski definition) is 0. The van der Waals surface area contributed by atoms with Crippen molar-refractivity contribution in [3.63, 3.8) is 0 Å². The molecule has 0 unspecified atom stereocenters. The van der Waals surface area contributed by atoms with Crippen LogP contribution in [0.1, 0.15) is 11.1 Å². The van der Waals surface area contributed by atoms with E-state index in [0.717, 1.165) is 16.8 Å². The van der Waals surface area contributed by atoms with Crippen LogP contribution in [0.3, 0.4) is 0 Å². The molecular formula is C11H15N3O2. The van der Waals surface area contributed by atoms with Crippen molar-refractivity contribution in [3.05, 3.63) is 29.3 Å². The lowest BCUT2D eigenvalue weighted by Crippen LogP contribution is -2.13. The number of carbonyl (C=O) groups is 1. The van der Waals surface area contributed by atoms with Crippen LogP contribution in [-0.4, -0.2) is 25.3 Å². The molecule has 0 aliphatic heterocycles. The first-order valence-corrected chi connectivity index (χ1v) is 4.89. The normalized spacial score (nSPS) is 10.4. The van der Waals surface area contributed by atoms with Gasteiger partial charge >= 0.3 is 0 Å². The Labute approximate surface area is 94.7 Å². The van der Waals surface area contributed by atoms with Crippen LogP contribution >= 0.6 is 0 Å². The highest BCUT2D eigenvalue weighted by molar-refractivity contribution is 5.46. The quantitative estimate of drug-likeness (QED) is 0.332. The van der Waals surface area contributed by atoms with Crippen molar-refractivity contribution >= 4 is 12.2 Å². The highest BCUT2D eigenvalue weighted by atomic mass is 16.5. The lowest BCUT2D eigenvalue weighted by molar-refractivity contribution is -0.132. The van der Waals surface area contributed by atoms with E-state index in [-0.39, 0.29) is 6.73 Å². The van der Waals surface area contributed by atoms with Crippen molar-refractivity contribution in [2.45, 2.75) is 13.8 Å². The van der Waals surface area contributed by atoms with E-state index in [4.69, 9.17) is 0 Å². The number of benzene rings is 1. The van der Waals surface area contributed by atoms with Gasteiger partial charge in [0.25, 0.3) is 6.47 Å². The molecule has 5 heteroatoms. The van der Waals surface area contributed by atoms with Gasteiger partial charge in [-0.1, -0.05) is 17.4 Å². The van der Waals surface area contributed by atoms with Crippen LogP contribution in [0.4, 0.5) is 5.69 Å². The highest BCUT2D eigenvalue weighted by Crippen LogP contribution is 2.20. The summed E-state index contributed by atoms with van der Waals surface area (Å²) in [7, 11) is 1.68.